The number of carboxylic acids is 1. The standard InChI is InChI=1S/C13H18N2O3/c1-8-5-9(7-14-6-8)11(16)15-10(12(17)18)13(2,3)4/h5-7,10H,1-4H3,(H,15,16)(H,17,18). The van der Waals surface area contributed by atoms with Gasteiger partial charge in [0.1, 0.15) is 6.04 Å². The Hall–Kier alpha value is -1.91. The summed E-state index contributed by atoms with van der Waals surface area (Å²) in [5, 5.41) is 11.7. The Morgan fingerprint density at radius 3 is 2.39 bits per heavy atom. The Bertz CT molecular complexity index is 464. The van der Waals surface area contributed by atoms with Crippen molar-refractivity contribution >= 4 is 11.9 Å². The molecule has 1 heterocycles. The molecule has 1 atom stereocenters. The molecule has 0 saturated heterocycles. The van der Waals surface area contributed by atoms with Gasteiger partial charge in [0, 0.05) is 12.4 Å². The number of carboxylic acid groups (broad SMARTS) is 1. The SMILES string of the molecule is Cc1cncc(C(=O)NC(C(=O)O)C(C)(C)C)c1. The number of aryl methyl sites for hydroxylation is 1. The number of hydrogen-bond acceptors (Lipinski definition) is 3. The van der Waals surface area contributed by atoms with E-state index >= 15 is 0 Å². The van der Waals surface area contributed by atoms with Crippen molar-refractivity contribution < 1.29 is 14.7 Å². The third-order valence-corrected chi connectivity index (χ3v) is 2.53. The molecular weight excluding hydrogens is 232 g/mol. The lowest BCUT2D eigenvalue weighted by molar-refractivity contribution is -0.142. The van der Waals surface area contributed by atoms with E-state index in [4.69, 9.17) is 5.11 Å². The molecule has 0 aromatic carbocycles. The minimum atomic E-state index is -1.04. The number of carbonyl (C=O) groups excluding carboxylic acids is 1. The first-order chi connectivity index (χ1) is 8.21. The maximum atomic E-state index is 11.9. The molecule has 0 aliphatic rings. The number of aliphatic carboxylic acids is 1. The first-order valence-corrected chi connectivity index (χ1v) is 5.67. The van der Waals surface area contributed by atoms with Crippen LogP contribution in [0, 0.1) is 12.3 Å². The third kappa shape index (κ3) is 3.55. The van der Waals surface area contributed by atoms with Crippen molar-refractivity contribution in [3.8, 4) is 0 Å². The quantitative estimate of drug-likeness (QED) is 0.854. The van der Waals surface area contributed by atoms with Crippen molar-refractivity contribution in [2.75, 3.05) is 0 Å². The first kappa shape index (κ1) is 14.2. The minimum Gasteiger partial charge on any atom is -0.480 e. The summed E-state index contributed by atoms with van der Waals surface area (Å²) in [6.07, 6.45) is 3.05. The van der Waals surface area contributed by atoms with Crippen molar-refractivity contribution in [1.82, 2.24) is 10.3 Å². The number of nitrogens with zero attached hydrogens (tertiary/aromatic N) is 1. The number of amides is 1. The summed E-state index contributed by atoms with van der Waals surface area (Å²) in [6.45, 7) is 7.11. The van der Waals surface area contributed by atoms with Crippen LogP contribution in [0.3, 0.4) is 0 Å². The Morgan fingerprint density at radius 1 is 1.33 bits per heavy atom. The third-order valence-electron chi connectivity index (χ3n) is 2.53. The highest BCUT2D eigenvalue weighted by molar-refractivity contribution is 5.96. The fourth-order valence-corrected chi connectivity index (χ4v) is 1.54. The van der Waals surface area contributed by atoms with Crippen molar-refractivity contribution in [3.63, 3.8) is 0 Å². The fraction of sp³-hybridized carbons (Fsp3) is 0.462. The highest BCUT2D eigenvalue weighted by Gasteiger charge is 2.32. The second-order valence-corrected chi connectivity index (χ2v) is 5.36. The zero-order valence-corrected chi connectivity index (χ0v) is 11.0. The van der Waals surface area contributed by atoms with E-state index in [1.165, 1.54) is 6.20 Å². The summed E-state index contributed by atoms with van der Waals surface area (Å²) in [5.41, 5.74) is 0.662. The molecule has 5 nitrogen and oxygen atoms in total. The van der Waals surface area contributed by atoms with Crippen LogP contribution in [-0.2, 0) is 4.79 Å². The van der Waals surface area contributed by atoms with Gasteiger partial charge in [-0.25, -0.2) is 4.79 Å². The number of carbonyl (C=O) groups is 2. The smallest absolute Gasteiger partial charge is 0.326 e. The lowest BCUT2D eigenvalue weighted by Gasteiger charge is -2.27. The lowest BCUT2D eigenvalue weighted by Crippen LogP contribution is -2.49. The van der Waals surface area contributed by atoms with Gasteiger partial charge in [-0.2, -0.15) is 0 Å². The van der Waals surface area contributed by atoms with Crippen LogP contribution < -0.4 is 5.32 Å². The molecule has 0 spiro atoms. The van der Waals surface area contributed by atoms with Crippen LogP contribution in [0.1, 0.15) is 36.7 Å². The van der Waals surface area contributed by atoms with E-state index < -0.39 is 23.3 Å². The Labute approximate surface area is 106 Å². The van der Waals surface area contributed by atoms with E-state index in [1.54, 1.807) is 33.0 Å². The summed E-state index contributed by atoms with van der Waals surface area (Å²) in [6, 6.07) is 0.731. The minimum absolute atomic E-state index is 0.366. The van der Waals surface area contributed by atoms with E-state index in [0.717, 1.165) is 5.56 Å². The number of nitrogens with one attached hydrogen (secondary N) is 1. The first-order valence-electron chi connectivity index (χ1n) is 5.67. The molecule has 18 heavy (non-hydrogen) atoms. The van der Waals surface area contributed by atoms with Gasteiger partial charge in [-0.1, -0.05) is 20.8 Å². The van der Waals surface area contributed by atoms with Crippen LogP contribution >= 0.6 is 0 Å². The van der Waals surface area contributed by atoms with Gasteiger partial charge in [-0.15, -0.1) is 0 Å². The van der Waals surface area contributed by atoms with Crippen LogP contribution in [0.2, 0.25) is 0 Å². The van der Waals surface area contributed by atoms with Gasteiger partial charge in [0.05, 0.1) is 5.56 Å². The summed E-state index contributed by atoms with van der Waals surface area (Å²) in [7, 11) is 0. The fourth-order valence-electron chi connectivity index (χ4n) is 1.54. The zero-order valence-electron chi connectivity index (χ0n) is 11.0. The summed E-state index contributed by atoms with van der Waals surface area (Å²) >= 11 is 0. The Morgan fingerprint density at radius 2 is 1.94 bits per heavy atom. The van der Waals surface area contributed by atoms with Crippen LogP contribution in [0.4, 0.5) is 0 Å². The second-order valence-electron chi connectivity index (χ2n) is 5.36. The predicted molar refractivity (Wildman–Crippen MR) is 67.3 cm³/mol. The van der Waals surface area contributed by atoms with E-state index in [9.17, 15) is 9.59 Å². The van der Waals surface area contributed by atoms with Crippen molar-refractivity contribution in [2.45, 2.75) is 33.7 Å². The summed E-state index contributed by atoms with van der Waals surface area (Å²) < 4.78 is 0. The molecule has 0 saturated carbocycles. The topological polar surface area (TPSA) is 79.3 Å². The van der Waals surface area contributed by atoms with Gasteiger partial charge in [-0.3, -0.25) is 9.78 Å². The van der Waals surface area contributed by atoms with Crippen LogP contribution in [0.15, 0.2) is 18.5 Å². The highest BCUT2D eigenvalue weighted by Crippen LogP contribution is 2.19. The average Bonchev–Trinajstić information content (AvgIpc) is 2.23. The molecule has 98 valence electrons. The van der Waals surface area contributed by atoms with Gasteiger partial charge < -0.3 is 10.4 Å². The van der Waals surface area contributed by atoms with Crippen LogP contribution in [0.5, 0.6) is 0 Å². The molecule has 0 aliphatic carbocycles. The molecule has 1 aromatic rings. The molecule has 0 fully saturated rings. The maximum Gasteiger partial charge on any atom is 0.326 e. The second kappa shape index (κ2) is 5.16. The molecule has 1 aromatic heterocycles. The van der Waals surface area contributed by atoms with Gasteiger partial charge in [0.15, 0.2) is 0 Å². The largest absolute Gasteiger partial charge is 0.480 e. The van der Waals surface area contributed by atoms with Crippen molar-refractivity contribution in [1.29, 1.82) is 0 Å². The van der Waals surface area contributed by atoms with Gasteiger partial charge in [-0.05, 0) is 24.0 Å². The van der Waals surface area contributed by atoms with Gasteiger partial charge >= 0.3 is 5.97 Å². The monoisotopic (exact) mass is 250 g/mol. The van der Waals surface area contributed by atoms with Gasteiger partial charge in [0.2, 0.25) is 0 Å². The average molecular weight is 250 g/mol. The number of hydrogen-bond donors (Lipinski definition) is 2. The number of rotatable bonds is 3. The van der Waals surface area contributed by atoms with Crippen LogP contribution in [0.25, 0.3) is 0 Å². The molecule has 5 heteroatoms. The molecular formula is C13H18N2O3. The normalized spacial score (nSPS) is 12.9. The van der Waals surface area contributed by atoms with E-state index in [0.29, 0.717) is 5.56 Å². The van der Waals surface area contributed by atoms with E-state index in [1.807, 2.05) is 6.92 Å². The summed E-state index contributed by atoms with van der Waals surface area (Å²) in [5.74, 6) is -1.47. The van der Waals surface area contributed by atoms with Crippen molar-refractivity contribution in [2.24, 2.45) is 5.41 Å². The number of aromatic nitrogens is 1. The molecule has 0 radical (unpaired) electrons. The molecule has 0 aliphatic heterocycles. The van der Waals surface area contributed by atoms with Gasteiger partial charge in [0.25, 0.3) is 5.91 Å². The van der Waals surface area contributed by atoms with Crippen molar-refractivity contribution in [3.05, 3.63) is 29.6 Å². The number of pyridine rings is 1. The van der Waals surface area contributed by atoms with Crippen LogP contribution in [-0.4, -0.2) is 28.0 Å². The lowest BCUT2D eigenvalue weighted by atomic mass is 9.86. The summed E-state index contributed by atoms with van der Waals surface area (Å²) in [4.78, 5) is 27.0. The molecule has 2 N–H and O–H groups in total. The molecule has 1 unspecified atom stereocenters. The Balaban J connectivity index is 2.89. The predicted octanol–water partition coefficient (Wildman–Crippen LogP) is 1.62. The maximum absolute atomic E-state index is 11.9. The van der Waals surface area contributed by atoms with E-state index in [-0.39, 0.29) is 0 Å². The van der Waals surface area contributed by atoms with E-state index in [2.05, 4.69) is 10.3 Å². The Kier molecular flexibility index (Phi) is 4.06. The highest BCUT2D eigenvalue weighted by atomic mass is 16.4. The molecule has 1 rings (SSSR count). The molecule has 0 bridgehead atoms. The zero-order chi connectivity index (χ0) is 13.9. The molecule has 1 amide bonds.